The van der Waals surface area contributed by atoms with Crippen molar-refractivity contribution in [3.8, 4) is 0 Å². The Labute approximate surface area is 177 Å². The summed E-state index contributed by atoms with van der Waals surface area (Å²) in [4.78, 5) is 3.44. The van der Waals surface area contributed by atoms with Crippen LogP contribution in [0.4, 0.5) is 9.52 Å². The first-order valence-corrected chi connectivity index (χ1v) is 11.7. The molecule has 0 saturated carbocycles. The number of hydrogen-bond donors (Lipinski definition) is 2. The standard InChI is InChI=1S/C20H20FN5O2S2/c21-17-11-18-16(10-19(17)30(27,28)25-20-23-8-9-29-20)12-24-26(18)13-15-5-2-1-4-14(15)6-3-7-22/h1-2,4-5,8-12H,3,6-7,13,22H2,(H,23,25). The highest BCUT2D eigenvalue weighted by atomic mass is 32.2. The second-order valence-corrected chi connectivity index (χ2v) is 9.29. The molecule has 0 aliphatic carbocycles. The summed E-state index contributed by atoms with van der Waals surface area (Å²) in [6.07, 6.45) is 4.74. The maximum Gasteiger partial charge on any atom is 0.266 e. The Kier molecular flexibility index (Phi) is 5.80. The Hall–Kier alpha value is -2.82. The van der Waals surface area contributed by atoms with Crippen LogP contribution in [0.2, 0.25) is 0 Å². The summed E-state index contributed by atoms with van der Waals surface area (Å²) >= 11 is 1.12. The molecule has 4 rings (SSSR count). The number of rotatable bonds is 8. The van der Waals surface area contributed by atoms with Crippen LogP contribution in [-0.2, 0) is 23.0 Å². The van der Waals surface area contributed by atoms with Gasteiger partial charge in [0.05, 0.1) is 18.3 Å². The summed E-state index contributed by atoms with van der Waals surface area (Å²) in [5.74, 6) is -0.843. The molecule has 2 aromatic heterocycles. The molecule has 2 aromatic carbocycles. The van der Waals surface area contributed by atoms with Crippen molar-refractivity contribution in [1.29, 1.82) is 0 Å². The minimum Gasteiger partial charge on any atom is -0.330 e. The molecule has 10 heteroatoms. The van der Waals surface area contributed by atoms with Crippen LogP contribution in [0.3, 0.4) is 0 Å². The van der Waals surface area contributed by atoms with Gasteiger partial charge in [-0.1, -0.05) is 24.3 Å². The second kappa shape index (κ2) is 8.50. The third-order valence-corrected chi connectivity index (χ3v) is 6.90. The largest absolute Gasteiger partial charge is 0.330 e. The Balaban J connectivity index is 1.66. The monoisotopic (exact) mass is 445 g/mol. The molecule has 0 amide bonds. The third-order valence-electron chi connectivity index (χ3n) is 4.73. The maximum absolute atomic E-state index is 14.8. The summed E-state index contributed by atoms with van der Waals surface area (Å²) in [7, 11) is -4.10. The van der Waals surface area contributed by atoms with Crippen LogP contribution < -0.4 is 10.5 Å². The lowest BCUT2D eigenvalue weighted by Crippen LogP contribution is -2.14. The molecule has 0 saturated heterocycles. The van der Waals surface area contributed by atoms with Gasteiger partial charge in [0.15, 0.2) is 5.13 Å². The number of aryl methyl sites for hydroxylation is 1. The number of thiazole rings is 1. The van der Waals surface area contributed by atoms with Crippen molar-refractivity contribution in [3.63, 3.8) is 0 Å². The smallest absolute Gasteiger partial charge is 0.266 e. The Morgan fingerprint density at radius 2 is 2.00 bits per heavy atom. The van der Waals surface area contributed by atoms with E-state index in [1.807, 2.05) is 24.3 Å². The van der Waals surface area contributed by atoms with Crippen molar-refractivity contribution in [3.05, 3.63) is 71.1 Å². The van der Waals surface area contributed by atoms with Crippen LogP contribution in [0.5, 0.6) is 0 Å². The van der Waals surface area contributed by atoms with E-state index in [4.69, 9.17) is 5.73 Å². The van der Waals surface area contributed by atoms with Crippen LogP contribution in [0, 0.1) is 5.82 Å². The zero-order valence-corrected chi connectivity index (χ0v) is 17.6. The Bertz CT molecular complexity index is 1270. The predicted molar refractivity (Wildman–Crippen MR) is 116 cm³/mol. The molecule has 4 aromatic rings. The van der Waals surface area contributed by atoms with Gasteiger partial charge in [-0.2, -0.15) is 5.10 Å². The van der Waals surface area contributed by atoms with E-state index in [1.165, 1.54) is 23.9 Å². The lowest BCUT2D eigenvalue weighted by molar-refractivity contribution is 0.571. The van der Waals surface area contributed by atoms with Gasteiger partial charge in [0.1, 0.15) is 10.7 Å². The summed E-state index contributed by atoms with van der Waals surface area (Å²) in [6.45, 7) is 1.06. The van der Waals surface area contributed by atoms with E-state index < -0.39 is 20.7 Å². The number of fused-ring (bicyclic) bond motifs is 1. The fraction of sp³-hybridized carbons (Fsp3) is 0.200. The van der Waals surface area contributed by atoms with Crippen LogP contribution in [0.15, 0.2) is 59.1 Å². The molecular weight excluding hydrogens is 425 g/mol. The first-order chi connectivity index (χ1) is 14.5. The van der Waals surface area contributed by atoms with Crippen molar-refractivity contribution >= 4 is 37.4 Å². The number of hydrogen-bond acceptors (Lipinski definition) is 6. The number of benzene rings is 2. The molecule has 156 valence electrons. The third kappa shape index (κ3) is 4.20. The van der Waals surface area contributed by atoms with Crippen molar-refractivity contribution in [2.75, 3.05) is 11.3 Å². The van der Waals surface area contributed by atoms with Gasteiger partial charge in [-0.3, -0.25) is 9.40 Å². The molecule has 7 nitrogen and oxygen atoms in total. The molecule has 0 bridgehead atoms. The number of aromatic nitrogens is 3. The quantitative estimate of drug-likeness (QED) is 0.433. The van der Waals surface area contributed by atoms with Crippen molar-refractivity contribution in [2.45, 2.75) is 24.3 Å². The van der Waals surface area contributed by atoms with Crippen LogP contribution in [0.1, 0.15) is 17.5 Å². The number of anilines is 1. The van der Waals surface area contributed by atoms with E-state index in [0.717, 1.165) is 29.7 Å². The average molecular weight is 446 g/mol. The normalized spacial score (nSPS) is 11.8. The van der Waals surface area contributed by atoms with E-state index in [2.05, 4.69) is 14.8 Å². The number of halogens is 1. The topological polar surface area (TPSA) is 103 Å². The molecule has 0 atom stereocenters. The highest BCUT2D eigenvalue weighted by Gasteiger charge is 2.22. The molecule has 0 aliphatic heterocycles. The zero-order valence-electron chi connectivity index (χ0n) is 16.0. The van der Waals surface area contributed by atoms with E-state index in [-0.39, 0.29) is 5.13 Å². The van der Waals surface area contributed by atoms with Gasteiger partial charge in [0, 0.05) is 23.0 Å². The van der Waals surface area contributed by atoms with E-state index in [9.17, 15) is 12.8 Å². The summed E-state index contributed by atoms with van der Waals surface area (Å²) in [5, 5.41) is 6.70. The van der Waals surface area contributed by atoms with Gasteiger partial charge < -0.3 is 5.73 Å². The summed E-state index contributed by atoms with van der Waals surface area (Å²) in [6, 6.07) is 10.5. The molecule has 0 radical (unpaired) electrons. The Morgan fingerprint density at radius 3 is 2.73 bits per heavy atom. The second-order valence-electron chi connectivity index (χ2n) is 6.75. The van der Waals surface area contributed by atoms with Gasteiger partial charge in [-0.05, 0) is 36.6 Å². The number of nitrogens with zero attached hydrogens (tertiary/aromatic N) is 3. The number of nitrogens with two attached hydrogens (primary N) is 1. The number of nitrogens with one attached hydrogen (secondary N) is 1. The molecule has 30 heavy (non-hydrogen) atoms. The van der Waals surface area contributed by atoms with Gasteiger partial charge >= 0.3 is 0 Å². The molecule has 2 heterocycles. The molecular formula is C20H20FN5O2S2. The van der Waals surface area contributed by atoms with Gasteiger partial charge in [0.2, 0.25) is 0 Å². The minimum atomic E-state index is -4.10. The summed E-state index contributed by atoms with van der Waals surface area (Å²) in [5.41, 5.74) is 8.38. The van der Waals surface area contributed by atoms with E-state index in [1.54, 1.807) is 16.3 Å². The van der Waals surface area contributed by atoms with Gasteiger partial charge in [-0.25, -0.2) is 17.8 Å². The first-order valence-electron chi connectivity index (χ1n) is 9.32. The predicted octanol–water partition coefficient (Wildman–Crippen LogP) is 3.37. The molecule has 0 aliphatic rings. The zero-order chi connectivity index (χ0) is 21.1. The first kappa shape index (κ1) is 20.5. The summed E-state index contributed by atoms with van der Waals surface area (Å²) < 4.78 is 43.9. The molecule has 3 N–H and O–H groups in total. The number of sulfonamides is 1. The minimum absolute atomic E-state index is 0.180. The molecule has 0 fully saturated rings. The Morgan fingerprint density at radius 1 is 1.20 bits per heavy atom. The highest BCUT2D eigenvalue weighted by Crippen LogP contribution is 2.26. The molecule has 0 unspecified atom stereocenters. The van der Waals surface area contributed by atoms with Crippen LogP contribution >= 0.6 is 11.3 Å². The maximum atomic E-state index is 14.8. The van der Waals surface area contributed by atoms with Crippen molar-refractivity contribution < 1.29 is 12.8 Å². The van der Waals surface area contributed by atoms with E-state index >= 15 is 0 Å². The molecule has 0 spiro atoms. The fourth-order valence-electron chi connectivity index (χ4n) is 3.26. The lowest BCUT2D eigenvalue weighted by Gasteiger charge is -2.11. The van der Waals surface area contributed by atoms with Crippen LogP contribution in [-0.4, -0.2) is 29.7 Å². The van der Waals surface area contributed by atoms with Gasteiger partial charge in [-0.15, -0.1) is 11.3 Å². The van der Waals surface area contributed by atoms with Crippen molar-refractivity contribution in [2.24, 2.45) is 5.73 Å². The average Bonchev–Trinajstić information content (AvgIpc) is 3.36. The SMILES string of the molecule is NCCCc1ccccc1Cn1ncc2cc(S(=O)(=O)Nc3nccs3)c(F)cc21. The van der Waals surface area contributed by atoms with Gasteiger partial charge in [0.25, 0.3) is 10.0 Å². The van der Waals surface area contributed by atoms with Crippen LogP contribution in [0.25, 0.3) is 10.9 Å². The van der Waals surface area contributed by atoms with E-state index in [0.29, 0.717) is 24.0 Å². The van der Waals surface area contributed by atoms with Crippen molar-refractivity contribution in [1.82, 2.24) is 14.8 Å². The lowest BCUT2D eigenvalue weighted by atomic mass is 10.0. The highest BCUT2D eigenvalue weighted by molar-refractivity contribution is 7.93. The fourth-order valence-corrected chi connectivity index (χ4v) is 5.15.